The van der Waals surface area contributed by atoms with Crippen LogP contribution >= 0.6 is 0 Å². The van der Waals surface area contributed by atoms with Crippen LogP contribution in [-0.2, 0) is 30.4 Å². The third kappa shape index (κ3) is 10.7. The topological polar surface area (TPSA) is 268 Å². The van der Waals surface area contributed by atoms with Gasteiger partial charge < -0.3 is 48.3 Å². The first-order valence-corrected chi connectivity index (χ1v) is 13.5. The number of H-pyrrole nitrogens is 1. The van der Waals surface area contributed by atoms with Gasteiger partial charge in [0.15, 0.2) is 5.96 Å². The fraction of sp³-hybridized carbons (Fsp3) is 0.481. The average molecular weight is 589 g/mol. The number of amides is 3. The minimum atomic E-state index is -1.38. The van der Waals surface area contributed by atoms with E-state index in [0.29, 0.717) is 5.56 Å². The van der Waals surface area contributed by atoms with Gasteiger partial charge in [-0.3, -0.25) is 24.2 Å². The van der Waals surface area contributed by atoms with Gasteiger partial charge in [0.1, 0.15) is 18.1 Å². The lowest BCUT2D eigenvalue weighted by Crippen LogP contribution is -2.58. The second-order valence-electron chi connectivity index (χ2n) is 10.4. The molecule has 1 aromatic carbocycles. The van der Waals surface area contributed by atoms with Gasteiger partial charge in [-0.05, 0) is 36.8 Å². The number of benzene rings is 1. The number of hydrogen-bond donors (Lipinski definition) is 9. The Labute approximate surface area is 242 Å². The Bertz CT molecular complexity index is 1290. The molecule has 0 saturated carbocycles. The molecule has 15 heteroatoms. The fourth-order valence-electron chi connectivity index (χ4n) is 4.30. The van der Waals surface area contributed by atoms with Gasteiger partial charge in [0.05, 0.1) is 12.5 Å². The predicted octanol–water partition coefficient (Wildman–Crippen LogP) is -0.849. The summed E-state index contributed by atoms with van der Waals surface area (Å²) in [6.07, 6.45) is 1.53. The molecule has 230 valence electrons. The second kappa shape index (κ2) is 16.0. The largest absolute Gasteiger partial charge is 0.481 e. The van der Waals surface area contributed by atoms with Crippen LogP contribution in [0.2, 0.25) is 0 Å². The number of nitrogens with two attached hydrogens (primary N) is 3. The number of aliphatic carboxylic acids is 2. The van der Waals surface area contributed by atoms with E-state index >= 15 is 0 Å². The Kier molecular flexibility index (Phi) is 12.7. The number of aromatic amines is 1. The molecule has 0 radical (unpaired) electrons. The van der Waals surface area contributed by atoms with Crippen molar-refractivity contribution < 1.29 is 34.2 Å². The molecule has 2 rings (SSSR count). The summed E-state index contributed by atoms with van der Waals surface area (Å²) in [6.45, 7) is 3.80. The van der Waals surface area contributed by atoms with Crippen molar-refractivity contribution in [2.45, 2.75) is 70.1 Å². The lowest BCUT2D eigenvalue weighted by Gasteiger charge is -2.26. The number of fused-ring (bicyclic) bond motifs is 1. The molecule has 0 spiro atoms. The second-order valence-corrected chi connectivity index (χ2v) is 10.4. The number of para-hydroxylation sites is 1. The minimum absolute atomic E-state index is 0.00278. The molecule has 0 saturated heterocycles. The maximum Gasteiger partial charge on any atom is 0.326 e. The number of nitrogens with zero attached hydrogens (tertiary/aromatic N) is 1. The summed E-state index contributed by atoms with van der Waals surface area (Å²) in [5, 5.41) is 27.1. The number of aliphatic imine (C=N–C) groups is 1. The van der Waals surface area contributed by atoms with Crippen molar-refractivity contribution in [1.82, 2.24) is 20.9 Å². The van der Waals surface area contributed by atoms with Gasteiger partial charge in [-0.1, -0.05) is 32.0 Å². The number of guanidine groups is 1. The zero-order chi connectivity index (χ0) is 31.4. The smallest absolute Gasteiger partial charge is 0.326 e. The first kappa shape index (κ1) is 33.5. The number of carboxylic acid groups (broad SMARTS) is 2. The molecule has 0 aliphatic rings. The van der Waals surface area contributed by atoms with Crippen LogP contribution in [0.1, 0.15) is 45.1 Å². The van der Waals surface area contributed by atoms with Crippen molar-refractivity contribution >= 4 is 46.5 Å². The molecule has 0 bridgehead atoms. The zero-order valence-corrected chi connectivity index (χ0v) is 23.6. The normalized spacial score (nSPS) is 13.9. The first-order chi connectivity index (χ1) is 19.8. The van der Waals surface area contributed by atoms with E-state index in [1.165, 1.54) is 0 Å². The summed E-state index contributed by atoms with van der Waals surface area (Å²) in [4.78, 5) is 69.2. The molecular formula is C27H40N8O7. The molecule has 1 aromatic heterocycles. The molecule has 4 unspecified atom stereocenters. The number of hydrogen-bond acceptors (Lipinski definition) is 7. The van der Waals surface area contributed by atoms with E-state index in [-0.39, 0.29) is 44.1 Å². The summed E-state index contributed by atoms with van der Waals surface area (Å²) < 4.78 is 0. The van der Waals surface area contributed by atoms with E-state index in [4.69, 9.17) is 22.3 Å². The Morgan fingerprint density at radius 2 is 1.55 bits per heavy atom. The minimum Gasteiger partial charge on any atom is -0.481 e. The Hall–Kier alpha value is -4.66. The van der Waals surface area contributed by atoms with Crippen LogP contribution < -0.4 is 33.2 Å². The maximum absolute atomic E-state index is 13.5. The molecule has 0 aliphatic carbocycles. The monoisotopic (exact) mass is 588 g/mol. The van der Waals surface area contributed by atoms with Gasteiger partial charge in [0, 0.05) is 30.1 Å². The van der Waals surface area contributed by atoms with Crippen molar-refractivity contribution in [2.75, 3.05) is 6.54 Å². The maximum atomic E-state index is 13.5. The summed E-state index contributed by atoms with van der Waals surface area (Å²) >= 11 is 0. The lowest BCUT2D eigenvalue weighted by molar-refractivity contribution is -0.142. The molecular weight excluding hydrogens is 548 g/mol. The number of carbonyl (C=O) groups excluding carboxylic acids is 3. The van der Waals surface area contributed by atoms with E-state index < -0.39 is 60.2 Å². The molecule has 42 heavy (non-hydrogen) atoms. The molecule has 0 aliphatic heterocycles. The van der Waals surface area contributed by atoms with E-state index in [0.717, 1.165) is 10.9 Å². The number of carboxylic acids is 2. The van der Waals surface area contributed by atoms with Gasteiger partial charge in [-0.2, -0.15) is 0 Å². The highest BCUT2D eigenvalue weighted by Gasteiger charge is 2.31. The van der Waals surface area contributed by atoms with Crippen LogP contribution in [0.4, 0.5) is 0 Å². The third-order valence-electron chi connectivity index (χ3n) is 6.36. The van der Waals surface area contributed by atoms with E-state index in [9.17, 15) is 29.1 Å². The highest BCUT2D eigenvalue weighted by atomic mass is 16.4. The molecule has 0 fully saturated rings. The predicted molar refractivity (Wildman–Crippen MR) is 155 cm³/mol. The highest BCUT2D eigenvalue weighted by molar-refractivity contribution is 5.95. The lowest BCUT2D eigenvalue weighted by atomic mass is 10.00. The summed E-state index contributed by atoms with van der Waals surface area (Å²) in [7, 11) is 0. The Balaban J connectivity index is 2.30. The Morgan fingerprint density at radius 1 is 0.929 bits per heavy atom. The number of rotatable bonds is 17. The zero-order valence-electron chi connectivity index (χ0n) is 23.6. The Morgan fingerprint density at radius 3 is 2.17 bits per heavy atom. The molecule has 4 atom stereocenters. The number of aromatic nitrogens is 1. The van der Waals surface area contributed by atoms with Crippen molar-refractivity contribution in [1.29, 1.82) is 0 Å². The highest BCUT2D eigenvalue weighted by Crippen LogP contribution is 2.19. The molecule has 15 nitrogen and oxygen atoms in total. The van der Waals surface area contributed by atoms with Gasteiger partial charge in [0.25, 0.3) is 0 Å². The quantitative estimate of drug-likeness (QED) is 0.0627. The first-order valence-electron chi connectivity index (χ1n) is 13.5. The van der Waals surface area contributed by atoms with Gasteiger partial charge >= 0.3 is 11.9 Å². The van der Waals surface area contributed by atoms with Crippen LogP contribution in [-0.4, -0.2) is 81.5 Å². The van der Waals surface area contributed by atoms with Crippen LogP contribution in [0.3, 0.4) is 0 Å². The van der Waals surface area contributed by atoms with Crippen molar-refractivity contribution in [2.24, 2.45) is 28.1 Å². The van der Waals surface area contributed by atoms with Crippen molar-refractivity contribution in [3.63, 3.8) is 0 Å². The average Bonchev–Trinajstić information content (AvgIpc) is 3.31. The summed E-state index contributed by atoms with van der Waals surface area (Å²) in [5.41, 5.74) is 17.8. The summed E-state index contributed by atoms with van der Waals surface area (Å²) in [6, 6.07) is 2.31. The fourth-order valence-corrected chi connectivity index (χ4v) is 4.30. The van der Waals surface area contributed by atoms with Gasteiger partial charge in [0.2, 0.25) is 17.7 Å². The van der Waals surface area contributed by atoms with E-state index in [1.54, 1.807) is 6.20 Å². The molecule has 2 aromatic rings. The van der Waals surface area contributed by atoms with Crippen LogP contribution in [0.25, 0.3) is 10.9 Å². The third-order valence-corrected chi connectivity index (χ3v) is 6.36. The van der Waals surface area contributed by atoms with Crippen LogP contribution in [0, 0.1) is 5.92 Å². The van der Waals surface area contributed by atoms with E-state index in [1.807, 2.05) is 38.1 Å². The summed E-state index contributed by atoms with van der Waals surface area (Å²) in [5.74, 6) is -5.05. The standard InChI is InChI=1S/C27H40N8O7/c1-14(2)10-20(34-23(38)17(28)12-22(36)37)24(39)35-21(11-15-13-32-18-7-4-3-6-16(15)18)25(40)33-19(26(41)42)8-5-9-31-27(29)30/h3-4,6-7,13-14,17,19-21,32H,5,8-12,28H2,1-2H3,(H,33,40)(H,34,38)(H,35,39)(H,36,37)(H,41,42)(H4,29,30,31). The van der Waals surface area contributed by atoms with Crippen LogP contribution in [0.15, 0.2) is 35.5 Å². The SMILES string of the molecule is CC(C)CC(NC(=O)C(N)CC(=O)O)C(=O)NC(Cc1c[nH]c2ccccc12)C(=O)NC(CCCN=C(N)N)C(=O)O. The van der Waals surface area contributed by atoms with E-state index in [2.05, 4.69) is 25.9 Å². The molecule has 1 heterocycles. The van der Waals surface area contributed by atoms with Gasteiger partial charge in [-0.25, -0.2) is 4.79 Å². The molecule has 3 amide bonds. The van der Waals surface area contributed by atoms with Crippen molar-refractivity contribution in [3.05, 3.63) is 36.0 Å². The van der Waals surface area contributed by atoms with Gasteiger partial charge in [-0.15, -0.1) is 0 Å². The van der Waals surface area contributed by atoms with Crippen LogP contribution in [0.5, 0.6) is 0 Å². The van der Waals surface area contributed by atoms with Crippen molar-refractivity contribution in [3.8, 4) is 0 Å². The number of nitrogens with one attached hydrogen (secondary N) is 4. The number of carbonyl (C=O) groups is 5. The molecule has 12 N–H and O–H groups in total.